The van der Waals surface area contributed by atoms with Crippen LogP contribution in [0.4, 0.5) is 0 Å². The number of methoxy groups -OCH3 is 1. The zero-order valence-electron chi connectivity index (χ0n) is 23.1. The largest absolute Gasteiger partial charge is 0.495 e. The molecular formula is C27H36O14. The van der Waals surface area contributed by atoms with Crippen molar-refractivity contribution in [3.8, 4) is 11.5 Å². The van der Waals surface area contributed by atoms with Crippen LogP contribution in [0.5, 0.6) is 11.5 Å². The van der Waals surface area contributed by atoms with Crippen LogP contribution in [0.2, 0.25) is 0 Å². The molecule has 0 saturated carbocycles. The van der Waals surface area contributed by atoms with Gasteiger partial charge in [0.15, 0.2) is 18.0 Å². The summed E-state index contributed by atoms with van der Waals surface area (Å²) < 4.78 is 40.0. The van der Waals surface area contributed by atoms with E-state index in [4.69, 9.17) is 32.8 Å². The van der Waals surface area contributed by atoms with Crippen LogP contribution in [0.3, 0.4) is 0 Å². The van der Waals surface area contributed by atoms with Crippen molar-refractivity contribution in [1.82, 2.24) is 0 Å². The van der Waals surface area contributed by atoms with Crippen molar-refractivity contribution in [2.45, 2.75) is 87.6 Å². The molecule has 0 bridgehead atoms. The van der Waals surface area contributed by atoms with Gasteiger partial charge in [-0.3, -0.25) is 4.79 Å². The highest BCUT2D eigenvalue weighted by molar-refractivity contribution is 5.87. The first-order valence-electron chi connectivity index (χ1n) is 13.2. The maximum Gasteiger partial charge on any atom is 0.196 e. The first kappa shape index (κ1) is 30.1. The van der Waals surface area contributed by atoms with Gasteiger partial charge in [0.2, 0.25) is 0 Å². The molecule has 9 atom stereocenters. The fourth-order valence-corrected chi connectivity index (χ4v) is 5.37. The van der Waals surface area contributed by atoms with Crippen LogP contribution in [-0.2, 0) is 25.4 Å². The lowest BCUT2D eigenvalue weighted by Gasteiger charge is -2.44. The molecule has 0 aliphatic carbocycles. The van der Waals surface area contributed by atoms with Crippen molar-refractivity contribution < 1.29 is 63.5 Å². The molecule has 228 valence electrons. The zero-order chi connectivity index (χ0) is 29.9. The number of aliphatic hydroxyl groups is 6. The van der Waals surface area contributed by atoms with Crippen LogP contribution in [-0.4, -0.2) is 118 Å². The highest BCUT2D eigenvalue weighted by atomic mass is 16.7. The van der Waals surface area contributed by atoms with E-state index in [-0.39, 0.29) is 18.5 Å². The molecule has 2 fully saturated rings. The second kappa shape index (κ2) is 11.0. The standard InChI is InChI=1S/C27H36O14/c1-11-5-13(29)18-15(38-11)7-14-12(22(18)35-4)6-17(39-14)26(2,3)41-24-21(32)20(31)19(30)16(40-24)8-36-25-23(33)27(34,9-28)10-37-25/h5,7,16-17,19-21,23-25,28,30-34H,6,8-10H2,1-4H3/t16-,17+,19-,20+,21-,23+,24+,25-,27-/m1/s1. The van der Waals surface area contributed by atoms with Gasteiger partial charge in [-0.2, -0.15) is 0 Å². The molecular weight excluding hydrogens is 548 g/mol. The van der Waals surface area contributed by atoms with Crippen LogP contribution in [0.1, 0.15) is 25.2 Å². The Kier molecular flexibility index (Phi) is 8.10. The van der Waals surface area contributed by atoms with E-state index in [2.05, 4.69) is 0 Å². The quantitative estimate of drug-likeness (QED) is 0.208. The van der Waals surface area contributed by atoms with Crippen molar-refractivity contribution >= 4 is 11.0 Å². The summed E-state index contributed by atoms with van der Waals surface area (Å²) in [4.78, 5) is 12.7. The lowest BCUT2D eigenvalue weighted by molar-refractivity contribution is -0.335. The Bertz CT molecular complexity index is 1330. The first-order valence-corrected chi connectivity index (χ1v) is 13.2. The van der Waals surface area contributed by atoms with Gasteiger partial charge < -0.3 is 63.5 Å². The van der Waals surface area contributed by atoms with Gasteiger partial charge in [0.1, 0.15) is 76.1 Å². The maximum absolute atomic E-state index is 12.7. The molecule has 4 heterocycles. The van der Waals surface area contributed by atoms with E-state index in [0.29, 0.717) is 33.8 Å². The van der Waals surface area contributed by atoms with Gasteiger partial charge in [-0.1, -0.05) is 0 Å². The van der Waals surface area contributed by atoms with Gasteiger partial charge in [-0.05, 0) is 20.8 Å². The predicted octanol–water partition coefficient (Wildman–Crippen LogP) is -1.53. The SMILES string of the molecule is COc1c2c(cc3oc(C)cc(=O)c13)O[C@H](C(C)(C)O[C@@H]1O[C@H](CO[C@@H]3OC[C@](O)(CO)[C@H]3O)[C@@H](O)[C@H](O)[C@H]1O)C2. The summed E-state index contributed by atoms with van der Waals surface area (Å²) in [5.74, 6) is 1.21. The lowest BCUT2D eigenvalue weighted by atomic mass is 9.94. The fourth-order valence-electron chi connectivity index (χ4n) is 5.37. The molecule has 3 aliphatic rings. The zero-order valence-corrected chi connectivity index (χ0v) is 23.1. The predicted molar refractivity (Wildman–Crippen MR) is 137 cm³/mol. The molecule has 6 N–H and O–H groups in total. The molecule has 0 amide bonds. The van der Waals surface area contributed by atoms with E-state index in [9.17, 15) is 35.4 Å². The second-order valence-electron chi connectivity index (χ2n) is 11.2. The summed E-state index contributed by atoms with van der Waals surface area (Å²) in [5.41, 5.74) is -2.35. The number of benzene rings is 1. The summed E-state index contributed by atoms with van der Waals surface area (Å²) in [7, 11) is 1.45. The molecule has 14 heteroatoms. The Morgan fingerprint density at radius 2 is 1.83 bits per heavy atom. The third-order valence-electron chi connectivity index (χ3n) is 7.89. The Labute approximate surface area is 234 Å². The van der Waals surface area contributed by atoms with E-state index in [1.54, 1.807) is 26.8 Å². The average Bonchev–Trinajstić information content (AvgIpc) is 3.48. The summed E-state index contributed by atoms with van der Waals surface area (Å²) in [6, 6.07) is 3.00. The van der Waals surface area contributed by atoms with Crippen molar-refractivity contribution in [2.75, 3.05) is 26.9 Å². The monoisotopic (exact) mass is 584 g/mol. The first-order chi connectivity index (χ1) is 19.3. The average molecular weight is 585 g/mol. The Morgan fingerprint density at radius 3 is 2.49 bits per heavy atom. The molecule has 1 aromatic carbocycles. The summed E-state index contributed by atoms with van der Waals surface area (Å²) in [6.45, 7) is 3.51. The summed E-state index contributed by atoms with van der Waals surface area (Å²) in [6.07, 6.45) is -10.8. The molecule has 14 nitrogen and oxygen atoms in total. The normalized spacial score (nSPS) is 35.5. The van der Waals surface area contributed by atoms with E-state index in [0.717, 1.165) is 0 Å². The maximum atomic E-state index is 12.7. The van der Waals surface area contributed by atoms with Crippen molar-refractivity contribution in [3.05, 3.63) is 33.7 Å². The third-order valence-corrected chi connectivity index (χ3v) is 7.89. The Balaban J connectivity index is 1.30. The molecule has 0 spiro atoms. The fraction of sp³-hybridized carbons (Fsp3) is 0.667. The number of ether oxygens (including phenoxy) is 6. The molecule has 1 aromatic heterocycles. The van der Waals surface area contributed by atoms with Crippen LogP contribution in [0, 0.1) is 6.92 Å². The highest BCUT2D eigenvalue weighted by Gasteiger charge is 2.51. The molecule has 0 radical (unpaired) electrons. The summed E-state index contributed by atoms with van der Waals surface area (Å²) in [5, 5.41) is 61.6. The van der Waals surface area contributed by atoms with E-state index in [1.165, 1.54) is 13.2 Å². The van der Waals surface area contributed by atoms with Crippen molar-refractivity contribution in [1.29, 1.82) is 0 Å². The lowest BCUT2D eigenvalue weighted by Crippen LogP contribution is -2.61. The molecule has 2 aromatic rings. The molecule has 3 aliphatic heterocycles. The van der Waals surface area contributed by atoms with Crippen LogP contribution < -0.4 is 14.9 Å². The molecule has 5 rings (SSSR count). The van der Waals surface area contributed by atoms with Crippen molar-refractivity contribution in [2.24, 2.45) is 0 Å². The van der Waals surface area contributed by atoms with Gasteiger partial charge in [-0.15, -0.1) is 0 Å². The van der Waals surface area contributed by atoms with Gasteiger partial charge in [-0.25, -0.2) is 0 Å². The van der Waals surface area contributed by atoms with Gasteiger partial charge in [0, 0.05) is 24.1 Å². The minimum atomic E-state index is -1.91. The number of hydrogen-bond donors (Lipinski definition) is 6. The molecule has 2 saturated heterocycles. The number of aliphatic hydroxyl groups excluding tert-OH is 5. The van der Waals surface area contributed by atoms with E-state index in [1.807, 2.05) is 0 Å². The van der Waals surface area contributed by atoms with E-state index < -0.39 is 73.6 Å². The second-order valence-corrected chi connectivity index (χ2v) is 11.2. The highest BCUT2D eigenvalue weighted by Crippen LogP contribution is 2.44. The Hall–Kier alpha value is -2.37. The number of hydrogen-bond acceptors (Lipinski definition) is 14. The van der Waals surface area contributed by atoms with Crippen LogP contribution in [0.15, 0.2) is 21.3 Å². The van der Waals surface area contributed by atoms with Gasteiger partial charge >= 0.3 is 0 Å². The third kappa shape index (κ3) is 5.33. The smallest absolute Gasteiger partial charge is 0.196 e. The number of aryl methyl sites for hydroxylation is 1. The minimum absolute atomic E-state index is 0.251. The van der Waals surface area contributed by atoms with Gasteiger partial charge in [0.25, 0.3) is 0 Å². The van der Waals surface area contributed by atoms with Crippen LogP contribution in [0.25, 0.3) is 11.0 Å². The van der Waals surface area contributed by atoms with E-state index >= 15 is 0 Å². The Morgan fingerprint density at radius 1 is 1.10 bits per heavy atom. The minimum Gasteiger partial charge on any atom is -0.495 e. The molecule has 0 unspecified atom stereocenters. The molecule has 41 heavy (non-hydrogen) atoms. The number of rotatable bonds is 8. The van der Waals surface area contributed by atoms with Crippen LogP contribution >= 0.6 is 0 Å². The van der Waals surface area contributed by atoms with Gasteiger partial charge in [0.05, 0.1) is 26.9 Å². The number of fused-ring (bicyclic) bond motifs is 2. The topological polar surface area (TPSA) is 207 Å². The van der Waals surface area contributed by atoms with Crippen molar-refractivity contribution in [3.63, 3.8) is 0 Å². The summed E-state index contributed by atoms with van der Waals surface area (Å²) >= 11 is 0.